The van der Waals surface area contributed by atoms with E-state index in [4.69, 9.17) is 10.6 Å². The molecule has 1 heterocycles. The van der Waals surface area contributed by atoms with Crippen LogP contribution >= 0.6 is 0 Å². The smallest absolute Gasteiger partial charge is 0.305 e. The number of carbonyl (C=O) groups excluding carboxylic acids is 4. The number of rotatable bonds is 8. The molecule has 2 rings (SSSR count). The number of benzene rings is 1. The number of piperidine rings is 1. The van der Waals surface area contributed by atoms with Gasteiger partial charge in [-0.15, -0.1) is 0 Å². The molecule has 9 heteroatoms. The van der Waals surface area contributed by atoms with Gasteiger partial charge in [-0.2, -0.15) is 0 Å². The summed E-state index contributed by atoms with van der Waals surface area (Å²) < 4.78 is 4.95. The Morgan fingerprint density at radius 2 is 1.67 bits per heavy atom. The van der Waals surface area contributed by atoms with Gasteiger partial charge in [0.15, 0.2) is 0 Å². The highest BCUT2D eigenvalue weighted by molar-refractivity contribution is 5.99. The molecule has 1 aliphatic heterocycles. The number of hydrogen-bond donors (Lipinski definition) is 3. The topological polar surface area (TPSA) is 131 Å². The van der Waals surface area contributed by atoms with Gasteiger partial charge < -0.3 is 15.0 Å². The number of nitrogens with two attached hydrogens (primary N) is 1. The van der Waals surface area contributed by atoms with Gasteiger partial charge in [-0.05, 0) is 63.3 Å². The van der Waals surface area contributed by atoms with E-state index in [2.05, 4.69) is 5.32 Å². The Bertz CT molecular complexity index is 757. The fourth-order valence-electron chi connectivity index (χ4n) is 3.47. The Hall–Kier alpha value is -2.94. The summed E-state index contributed by atoms with van der Waals surface area (Å²) in [6.07, 6.45) is 2.84. The summed E-state index contributed by atoms with van der Waals surface area (Å²) >= 11 is 0. The van der Waals surface area contributed by atoms with Crippen LogP contribution in [0.1, 0.15) is 60.2 Å². The van der Waals surface area contributed by atoms with Gasteiger partial charge in [0.25, 0.3) is 11.8 Å². The van der Waals surface area contributed by atoms with Crippen LogP contribution in [0, 0.1) is 5.92 Å². The number of esters is 1. The largest absolute Gasteiger partial charge is 0.466 e. The molecule has 0 radical (unpaired) electrons. The minimum absolute atomic E-state index is 0.133. The summed E-state index contributed by atoms with van der Waals surface area (Å²) in [4.78, 5) is 49.8. The minimum Gasteiger partial charge on any atom is -0.466 e. The van der Waals surface area contributed by atoms with Crippen LogP contribution in [0.4, 0.5) is 0 Å². The van der Waals surface area contributed by atoms with Crippen LogP contribution in [-0.4, -0.2) is 54.3 Å². The zero-order chi connectivity index (χ0) is 22.1. The first-order chi connectivity index (χ1) is 14.3. The fourth-order valence-corrected chi connectivity index (χ4v) is 3.47. The van der Waals surface area contributed by atoms with E-state index < -0.39 is 11.9 Å². The lowest BCUT2D eigenvalue weighted by Crippen LogP contribution is -2.49. The van der Waals surface area contributed by atoms with Gasteiger partial charge in [0.05, 0.1) is 6.61 Å². The van der Waals surface area contributed by atoms with Gasteiger partial charge in [0.1, 0.15) is 6.04 Å². The molecule has 3 amide bonds. The van der Waals surface area contributed by atoms with E-state index in [1.54, 1.807) is 18.7 Å². The van der Waals surface area contributed by atoms with E-state index >= 15 is 0 Å². The molecule has 4 N–H and O–H groups in total. The Balaban J connectivity index is 1.80. The predicted molar refractivity (Wildman–Crippen MR) is 110 cm³/mol. The molecule has 0 saturated carbocycles. The SMILES string of the molecule is CCOC(=O)CCC1CCN(C(=O)[C@H](C)NC(=O)c2ccc(C(=O)NN)cc2)CC1. The number of carbonyl (C=O) groups is 4. The number of nitrogen functional groups attached to an aromatic ring is 1. The van der Waals surface area contributed by atoms with Crippen molar-refractivity contribution in [1.82, 2.24) is 15.6 Å². The van der Waals surface area contributed by atoms with Crippen molar-refractivity contribution in [3.63, 3.8) is 0 Å². The summed E-state index contributed by atoms with van der Waals surface area (Å²) in [6.45, 7) is 5.05. The van der Waals surface area contributed by atoms with Crippen LogP contribution < -0.4 is 16.6 Å². The molecule has 0 spiro atoms. The van der Waals surface area contributed by atoms with Crippen molar-refractivity contribution < 1.29 is 23.9 Å². The maximum absolute atomic E-state index is 12.7. The maximum atomic E-state index is 12.7. The van der Waals surface area contributed by atoms with Crippen molar-refractivity contribution in [2.24, 2.45) is 11.8 Å². The molecule has 0 unspecified atom stereocenters. The molecule has 1 aromatic carbocycles. The molecule has 164 valence electrons. The summed E-state index contributed by atoms with van der Waals surface area (Å²) in [7, 11) is 0. The predicted octanol–water partition coefficient (Wildman–Crippen LogP) is 0.990. The van der Waals surface area contributed by atoms with Gasteiger partial charge >= 0.3 is 5.97 Å². The number of hydrazine groups is 1. The fraction of sp³-hybridized carbons (Fsp3) is 0.524. The molecule has 1 fully saturated rings. The Morgan fingerprint density at radius 1 is 1.10 bits per heavy atom. The summed E-state index contributed by atoms with van der Waals surface area (Å²) in [6, 6.07) is 5.33. The molecule has 1 saturated heterocycles. The van der Waals surface area contributed by atoms with E-state index in [0.717, 1.165) is 19.3 Å². The highest BCUT2D eigenvalue weighted by atomic mass is 16.5. The highest BCUT2D eigenvalue weighted by Crippen LogP contribution is 2.22. The second-order valence-electron chi connectivity index (χ2n) is 7.36. The molecule has 0 bridgehead atoms. The molecule has 1 aromatic rings. The lowest BCUT2D eigenvalue weighted by Gasteiger charge is -2.33. The van der Waals surface area contributed by atoms with E-state index in [9.17, 15) is 19.2 Å². The van der Waals surface area contributed by atoms with Crippen LogP contribution in [0.25, 0.3) is 0 Å². The molecule has 1 aliphatic rings. The first kappa shape index (κ1) is 23.3. The van der Waals surface area contributed by atoms with E-state index in [-0.39, 0.29) is 17.8 Å². The highest BCUT2D eigenvalue weighted by Gasteiger charge is 2.27. The Kier molecular flexibility index (Phi) is 8.79. The third-order valence-electron chi connectivity index (χ3n) is 5.25. The van der Waals surface area contributed by atoms with Gasteiger partial charge in [0, 0.05) is 30.6 Å². The number of ether oxygens (including phenoxy) is 1. The molecule has 0 aromatic heterocycles. The normalized spacial score (nSPS) is 15.2. The number of likely N-dealkylation sites (tertiary alicyclic amines) is 1. The lowest BCUT2D eigenvalue weighted by molar-refractivity contribution is -0.143. The number of nitrogens with one attached hydrogen (secondary N) is 2. The Morgan fingerprint density at radius 3 is 2.20 bits per heavy atom. The average Bonchev–Trinajstić information content (AvgIpc) is 2.77. The minimum atomic E-state index is -0.666. The number of nitrogens with zero attached hydrogens (tertiary/aromatic N) is 1. The van der Waals surface area contributed by atoms with Crippen LogP contribution in [0.2, 0.25) is 0 Å². The number of amides is 3. The maximum Gasteiger partial charge on any atom is 0.305 e. The van der Waals surface area contributed by atoms with E-state index in [0.29, 0.717) is 43.2 Å². The second-order valence-corrected chi connectivity index (χ2v) is 7.36. The third kappa shape index (κ3) is 6.55. The first-order valence-electron chi connectivity index (χ1n) is 10.2. The van der Waals surface area contributed by atoms with Crippen molar-refractivity contribution in [2.45, 2.75) is 45.6 Å². The first-order valence-corrected chi connectivity index (χ1v) is 10.2. The summed E-state index contributed by atoms with van der Waals surface area (Å²) in [5.41, 5.74) is 2.71. The summed E-state index contributed by atoms with van der Waals surface area (Å²) in [5, 5.41) is 2.70. The molecule has 1 atom stereocenters. The van der Waals surface area contributed by atoms with Crippen LogP contribution in [0.3, 0.4) is 0 Å². The third-order valence-corrected chi connectivity index (χ3v) is 5.25. The lowest BCUT2D eigenvalue weighted by atomic mass is 9.92. The molecule has 0 aliphatic carbocycles. The van der Waals surface area contributed by atoms with Crippen LogP contribution in [-0.2, 0) is 14.3 Å². The van der Waals surface area contributed by atoms with Crippen molar-refractivity contribution in [1.29, 1.82) is 0 Å². The van der Waals surface area contributed by atoms with Crippen molar-refractivity contribution in [3.05, 3.63) is 35.4 Å². The molecule has 30 heavy (non-hydrogen) atoms. The monoisotopic (exact) mass is 418 g/mol. The van der Waals surface area contributed by atoms with E-state index in [1.807, 2.05) is 5.43 Å². The van der Waals surface area contributed by atoms with Gasteiger partial charge in [0.2, 0.25) is 5.91 Å². The van der Waals surface area contributed by atoms with Crippen molar-refractivity contribution in [2.75, 3.05) is 19.7 Å². The standard InChI is InChI=1S/C21H30N4O5/c1-3-30-18(26)9-4-15-10-12-25(13-11-15)21(29)14(2)23-19(27)16-5-7-17(8-6-16)20(28)24-22/h5-8,14-15H,3-4,9-13,22H2,1-2H3,(H,23,27)(H,24,28)/t14-/m0/s1. The van der Waals surface area contributed by atoms with Crippen molar-refractivity contribution in [3.8, 4) is 0 Å². The quantitative estimate of drug-likeness (QED) is 0.250. The van der Waals surface area contributed by atoms with Crippen LogP contribution in [0.5, 0.6) is 0 Å². The summed E-state index contributed by atoms with van der Waals surface area (Å²) in [5.74, 6) is 4.33. The van der Waals surface area contributed by atoms with Gasteiger partial charge in [-0.25, -0.2) is 5.84 Å². The van der Waals surface area contributed by atoms with Crippen molar-refractivity contribution >= 4 is 23.7 Å². The molecular formula is C21H30N4O5. The second kappa shape index (κ2) is 11.3. The van der Waals surface area contributed by atoms with Gasteiger partial charge in [-0.3, -0.25) is 24.6 Å². The Labute approximate surface area is 176 Å². The molecular weight excluding hydrogens is 388 g/mol. The zero-order valence-corrected chi connectivity index (χ0v) is 17.5. The van der Waals surface area contributed by atoms with Crippen LogP contribution in [0.15, 0.2) is 24.3 Å². The van der Waals surface area contributed by atoms with E-state index in [1.165, 1.54) is 24.3 Å². The molecule has 9 nitrogen and oxygen atoms in total. The number of hydrogen-bond acceptors (Lipinski definition) is 6. The zero-order valence-electron chi connectivity index (χ0n) is 17.5. The van der Waals surface area contributed by atoms with Gasteiger partial charge in [-0.1, -0.05) is 0 Å². The average molecular weight is 418 g/mol.